The molecule has 0 radical (unpaired) electrons. The van der Waals surface area contributed by atoms with Crippen LogP contribution >= 0.6 is 39.2 Å². The van der Waals surface area contributed by atoms with E-state index in [1.54, 1.807) is 11.8 Å². The third kappa shape index (κ3) is 4.27. The van der Waals surface area contributed by atoms with Crippen molar-refractivity contribution in [1.82, 2.24) is 14.7 Å². The zero-order valence-corrected chi connectivity index (χ0v) is 14.2. The number of aryl methyl sites for hydroxylation is 1. The van der Waals surface area contributed by atoms with Crippen LogP contribution in [0.15, 0.2) is 31.9 Å². The first kappa shape index (κ1) is 15.0. The summed E-state index contributed by atoms with van der Waals surface area (Å²) in [4.78, 5) is 5.65. The summed E-state index contributed by atoms with van der Waals surface area (Å²) in [5.41, 5.74) is 1.28. The molecule has 1 heterocycles. The molecule has 0 saturated carbocycles. The maximum Gasteiger partial charge on any atom is 0.174 e. The van der Waals surface area contributed by atoms with E-state index < -0.39 is 0 Å². The smallest absolute Gasteiger partial charge is 0.174 e. The molecule has 2 rings (SSSR count). The number of aromatic nitrogens is 2. The number of nitrogens with one attached hydrogen (secondary N) is 1. The largest absolute Gasteiger partial charge is 0.313 e. The lowest BCUT2D eigenvalue weighted by molar-refractivity contribution is 0.726. The standard InChI is InChI=1S/C13H16BrN3S2/c1-3-12-16-13(19-17-12)18-11-6-5-9(7-10(11)14)8-15-4-2/h5-7,15H,3-4,8H2,1-2H3. The lowest BCUT2D eigenvalue weighted by Gasteiger charge is -2.06. The SMILES string of the molecule is CCNCc1ccc(Sc2nc(CC)ns2)c(Br)c1. The van der Waals surface area contributed by atoms with E-state index in [0.29, 0.717) is 0 Å². The summed E-state index contributed by atoms with van der Waals surface area (Å²) in [7, 11) is 0. The molecular weight excluding hydrogens is 342 g/mol. The minimum atomic E-state index is 0.889. The molecule has 6 heteroatoms. The second-order valence-electron chi connectivity index (χ2n) is 3.98. The molecule has 0 atom stereocenters. The molecule has 0 fully saturated rings. The molecule has 0 aliphatic heterocycles. The summed E-state index contributed by atoms with van der Waals surface area (Å²) >= 11 is 6.75. The van der Waals surface area contributed by atoms with Crippen LogP contribution in [0.1, 0.15) is 25.2 Å². The predicted octanol–water partition coefficient (Wildman–Crippen LogP) is 4.12. The summed E-state index contributed by atoms with van der Waals surface area (Å²) in [5.74, 6) is 0.924. The van der Waals surface area contributed by atoms with E-state index in [1.165, 1.54) is 22.0 Å². The summed E-state index contributed by atoms with van der Waals surface area (Å²) in [5, 5.41) is 3.32. The first-order valence-corrected chi connectivity index (χ1v) is 8.60. The van der Waals surface area contributed by atoms with Gasteiger partial charge in [0.15, 0.2) is 4.34 Å². The van der Waals surface area contributed by atoms with Gasteiger partial charge in [0.1, 0.15) is 5.82 Å². The van der Waals surface area contributed by atoms with E-state index in [9.17, 15) is 0 Å². The molecule has 1 aromatic heterocycles. The third-order valence-electron chi connectivity index (χ3n) is 2.54. The Morgan fingerprint density at radius 3 is 2.84 bits per heavy atom. The molecule has 0 unspecified atom stereocenters. The van der Waals surface area contributed by atoms with Crippen LogP contribution < -0.4 is 5.32 Å². The van der Waals surface area contributed by atoms with Crippen molar-refractivity contribution in [2.75, 3.05) is 6.54 Å². The fourth-order valence-electron chi connectivity index (χ4n) is 1.52. The van der Waals surface area contributed by atoms with Crippen LogP contribution in [-0.4, -0.2) is 15.9 Å². The van der Waals surface area contributed by atoms with E-state index in [4.69, 9.17) is 0 Å². The van der Waals surface area contributed by atoms with Crippen LogP contribution in [0.25, 0.3) is 0 Å². The van der Waals surface area contributed by atoms with Gasteiger partial charge >= 0.3 is 0 Å². The summed E-state index contributed by atoms with van der Waals surface area (Å²) in [6.45, 7) is 6.07. The Balaban J connectivity index is 2.08. The van der Waals surface area contributed by atoms with Gasteiger partial charge in [-0.15, -0.1) is 0 Å². The van der Waals surface area contributed by atoms with Crippen molar-refractivity contribution >= 4 is 39.2 Å². The molecular formula is C13H16BrN3S2. The van der Waals surface area contributed by atoms with Gasteiger partial charge in [0.2, 0.25) is 0 Å². The van der Waals surface area contributed by atoms with Gasteiger partial charge in [-0.3, -0.25) is 0 Å². The zero-order valence-electron chi connectivity index (χ0n) is 10.9. The molecule has 0 spiro atoms. The number of hydrogen-bond donors (Lipinski definition) is 1. The van der Waals surface area contributed by atoms with E-state index >= 15 is 0 Å². The number of benzene rings is 1. The lowest BCUT2D eigenvalue weighted by atomic mass is 10.2. The molecule has 2 aromatic rings. The predicted molar refractivity (Wildman–Crippen MR) is 84.9 cm³/mol. The second-order valence-corrected chi connectivity index (χ2v) is 6.87. The van der Waals surface area contributed by atoms with Gasteiger partial charge < -0.3 is 5.32 Å². The molecule has 0 amide bonds. The highest BCUT2D eigenvalue weighted by molar-refractivity contribution is 9.10. The molecule has 102 valence electrons. The summed E-state index contributed by atoms with van der Waals surface area (Å²) < 4.78 is 6.41. The third-order valence-corrected chi connectivity index (χ3v) is 5.32. The molecule has 1 aromatic carbocycles. The van der Waals surface area contributed by atoms with Crippen molar-refractivity contribution in [3.8, 4) is 0 Å². The van der Waals surface area contributed by atoms with Gasteiger partial charge in [0.05, 0.1) is 0 Å². The van der Waals surface area contributed by atoms with Crippen LogP contribution in [0.4, 0.5) is 0 Å². The van der Waals surface area contributed by atoms with E-state index in [1.807, 2.05) is 0 Å². The van der Waals surface area contributed by atoms with Gasteiger partial charge in [0, 0.05) is 22.3 Å². The molecule has 0 aliphatic carbocycles. The minimum Gasteiger partial charge on any atom is -0.313 e. The molecule has 0 bridgehead atoms. The Kier molecular flexibility index (Phi) is 5.81. The number of rotatable bonds is 6. The van der Waals surface area contributed by atoms with Crippen LogP contribution in [0.5, 0.6) is 0 Å². The first-order valence-electron chi connectivity index (χ1n) is 6.22. The normalized spacial score (nSPS) is 10.9. The fraction of sp³-hybridized carbons (Fsp3) is 0.385. The number of nitrogens with zero attached hydrogens (tertiary/aromatic N) is 2. The fourth-order valence-corrected chi connectivity index (χ4v) is 3.85. The van der Waals surface area contributed by atoms with Crippen LogP contribution in [0.3, 0.4) is 0 Å². The molecule has 0 saturated heterocycles. The Hall–Kier alpha value is -0.430. The monoisotopic (exact) mass is 357 g/mol. The van der Waals surface area contributed by atoms with Crippen molar-refractivity contribution in [2.24, 2.45) is 0 Å². The highest BCUT2D eigenvalue weighted by atomic mass is 79.9. The number of halogens is 1. The van der Waals surface area contributed by atoms with E-state index in [2.05, 4.69) is 62.7 Å². The van der Waals surface area contributed by atoms with Crippen LogP contribution in [0.2, 0.25) is 0 Å². The minimum absolute atomic E-state index is 0.889. The average molecular weight is 358 g/mol. The first-order chi connectivity index (χ1) is 9.22. The van der Waals surface area contributed by atoms with Gasteiger partial charge in [-0.05, 0) is 51.7 Å². The van der Waals surface area contributed by atoms with Gasteiger partial charge in [-0.1, -0.05) is 31.7 Å². The Labute approximate surface area is 130 Å². The summed E-state index contributed by atoms with van der Waals surface area (Å²) in [6, 6.07) is 6.44. The van der Waals surface area contributed by atoms with Gasteiger partial charge in [-0.2, -0.15) is 4.37 Å². The van der Waals surface area contributed by atoms with Crippen LogP contribution in [0, 0.1) is 0 Å². The molecule has 0 aliphatic rings. The maximum atomic E-state index is 4.47. The molecule has 19 heavy (non-hydrogen) atoms. The molecule has 3 nitrogen and oxygen atoms in total. The quantitative estimate of drug-likeness (QED) is 0.843. The average Bonchev–Trinajstić information content (AvgIpc) is 2.87. The molecule has 1 N–H and O–H groups in total. The van der Waals surface area contributed by atoms with Crippen molar-refractivity contribution < 1.29 is 0 Å². The van der Waals surface area contributed by atoms with E-state index in [-0.39, 0.29) is 0 Å². The topological polar surface area (TPSA) is 37.8 Å². The van der Waals surface area contributed by atoms with Gasteiger partial charge in [-0.25, -0.2) is 4.98 Å². The summed E-state index contributed by atoms with van der Waals surface area (Å²) in [6.07, 6.45) is 0.889. The lowest BCUT2D eigenvalue weighted by Crippen LogP contribution is -2.11. The highest BCUT2D eigenvalue weighted by Gasteiger charge is 2.08. The van der Waals surface area contributed by atoms with Crippen molar-refractivity contribution in [2.45, 2.75) is 36.0 Å². The van der Waals surface area contributed by atoms with Crippen LogP contribution in [-0.2, 0) is 13.0 Å². The van der Waals surface area contributed by atoms with Crippen molar-refractivity contribution in [3.05, 3.63) is 34.1 Å². The van der Waals surface area contributed by atoms with Gasteiger partial charge in [0.25, 0.3) is 0 Å². The van der Waals surface area contributed by atoms with E-state index in [0.717, 1.165) is 34.1 Å². The second kappa shape index (κ2) is 7.38. The van der Waals surface area contributed by atoms with Crippen molar-refractivity contribution in [1.29, 1.82) is 0 Å². The number of hydrogen-bond acceptors (Lipinski definition) is 5. The van der Waals surface area contributed by atoms with Crippen molar-refractivity contribution in [3.63, 3.8) is 0 Å². The maximum absolute atomic E-state index is 4.47. The highest BCUT2D eigenvalue weighted by Crippen LogP contribution is 2.34. The Morgan fingerprint density at radius 1 is 1.37 bits per heavy atom. The zero-order chi connectivity index (χ0) is 13.7. The Bertz CT molecular complexity index is 542. The Morgan fingerprint density at radius 2 is 2.21 bits per heavy atom.